The largest absolute Gasteiger partial charge is 0.466 e. The number of hydrogen-bond donors (Lipinski definition) is 1. The van der Waals surface area contributed by atoms with Crippen molar-refractivity contribution in [1.29, 1.82) is 0 Å². The fourth-order valence-corrected chi connectivity index (χ4v) is 1.80. The van der Waals surface area contributed by atoms with E-state index in [2.05, 4.69) is 10.1 Å². The third-order valence-electron chi connectivity index (χ3n) is 1.61. The molecule has 0 aromatic rings. The summed E-state index contributed by atoms with van der Waals surface area (Å²) in [6.07, 6.45) is 2.46. The maximum absolute atomic E-state index is 10.8. The number of ether oxygens (including phenoxy) is 1. The van der Waals surface area contributed by atoms with E-state index in [0.29, 0.717) is 0 Å². The number of thioether (sulfide) groups is 1. The highest BCUT2D eigenvalue weighted by atomic mass is 32.2. The SMILES string of the molecule is COC(=O)/C=C1\CCSCCN1. The number of nitrogens with one attached hydrogen (secondary N) is 1. The monoisotopic (exact) mass is 187 g/mol. The highest BCUT2D eigenvalue weighted by Gasteiger charge is 2.04. The molecule has 68 valence electrons. The van der Waals surface area contributed by atoms with Crippen molar-refractivity contribution < 1.29 is 9.53 Å². The summed E-state index contributed by atoms with van der Waals surface area (Å²) in [6.45, 7) is 0.938. The maximum Gasteiger partial charge on any atom is 0.332 e. The fourth-order valence-electron chi connectivity index (χ4n) is 0.981. The van der Waals surface area contributed by atoms with Crippen LogP contribution in [-0.2, 0) is 9.53 Å². The van der Waals surface area contributed by atoms with Gasteiger partial charge in [0, 0.05) is 24.1 Å². The molecular formula is C8H13NO2S. The number of esters is 1. The molecule has 1 aliphatic heterocycles. The van der Waals surface area contributed by atoms with Crippen LogP contribution in [0, 0.1) is 0 Å². The summed E-state index contributed by atoms with van der Waals surface area (Å²) < 4.78 is 4.53. The molecule has 12 heavy (non-hydrogen) atoms. The van der Waals surface area contributed by atoms with Crippen molar-refractivity contribution in [3.8, 4) is 0 Å². The number of hydrogen-bond acceptors (Lipinski definition) is 4. The molecule has 0 radical (unpaired) electrons. The first kappa shape index (κ1) is 9.45. The fraction of sp³-hybridized carbons (Fsp3) is 0.625. The Morgan fingerprint density at radius 2 is 2.50 bits per heavy atom. The van der Waals surface area contributed by atoms with Gasteiger partial charge in [-0.15, -0.1) is 0 Å². The summed E-state index contributed by atoms with van der Waals surface area (Å²) in [6, 6.07) is 0. The number of carbonyl (C=O) groups is 1. The van der Waals surface area contributed by atoms with Crippen molar-refractivity contribution in [1.82, 2.24) is 5.32 Å². The predicted molar refractivity (Wildman–Crippen MR) is 50.0 cm³/mol. The lowest BCUT2D eigenvalue weighted by atomic mass is 10.3. The molecule has 0 atom stereocenters. The van der Waals surface area contributed by atoms with Gasteiger partial charge in [0.15, 0.2) is 0 Å². The lowest BCUT2D eigenvalue weighted by molar-refractivity contribution is -0.134. The Morgan fingerprint density at radius 1 is 1.67 bits per heavy atom. The highest BCUT2D eigenvalue weighted by molar-refractivity contribution is 7.99. The molecular weight excluding hydrogens is 174 g/mol. The third kappa shape index (κ3) is 3.17. The smallest absolute Gasteiger partial charge is 0.332 e. The predicted octanol–water partition coefficient (Wildman–Crippen LogP) is 0.770. The van der Waals surface area contributed by atoms with Gasteiger partial charge >= 0.3 is 5.97 Å². The summed E-state index contributed by atoms with van der Waals surface area (Å²) in [5.41, 5.74) is 0.992. The molecule has 1 heterocycles. The van der Waals surface area contributed by atoms with Crippen molar-refractivity contribution in [2.45, 2.75) is 6.42 Å². The van der Waals surface area contributed by atoms with E-state index in [1.165, 1.54) is 13.2 Å². The molecule has 1 saturated heterocycles. The van der Waals surface area contributed by atoms with Crippen molar-refractivity contribution in [3.05, 3.63) is 11.8 Å². The summed E-state index contributed by atoms with van der Waals surface area (Å²) in [4.78, 5) is 10.8. The van der Waals surface area contributed by atoms with Crippen LogP contribution in [0.5, 0.6) is 0 Å². The lowest BCUT2D eigenvalue weighted by Gasteiger charge is -2.03. The molecule has 0 aromatic heterocycles. The van der Waals surface area contributed by atoms with Gasteiger partial charge in [0.25, 0.3) is 0 Å². The van der Waals surface area contributed by atoms with Gasteiger partial charge in [0.1, 0.15) is 0 Å². The van der Waals surface area contributed by atoms with Crippen LogP contribution in [0.3, 0.4) is 0 Å². The minimum atomic E-state index is -0.274. The Balaban J connectivity index is 2.47. The molecule has 1 N–H and O–H groups in total. The van der Waals surface area contributed by atoms with E-state index in [1.807, 2.05) is 11.8 Å². The van der Waals surface area contributed by atoms with Crippen LogP contribution < -0.4 is 5.32 Å². The standard InChI is InChI=1S/C8H13NO2S/c1-11-8(10)6-7-2-4-12-5-3-9-7/h6,9H,2-5H2,1H3/b7-6+. The first-order valence-electron chi connectivity index (χ1n) is 3.93. The van der Waals surface area contributed by atoms with Crippen molar-refractivity contribution in [3.63, 3.8) is 0 Å². The Hall–Kier alpha value is -0.640. The van der Waals surface area contributed by atoms with E-state index in [-0.39, 0.29) is 5.97 Å². The van der Waals surface area contributed by atoms with Crippen LogP contribution in [0.2, 0.25) is 0 Å². The van der Waals surface area contributed by atoms with E-state index >= 15 is 0 Å². The molecule has 0 amide bonds. The van der Waals surface area contributed by atoms with Crippen LogP contribution in [0.25, 0.3) is 0 Å². The molecule has 0 unspecified atom stereocenters. The second kappa shape index (κ2) is 5.09. The van der Waals surface area contributed by atoms with E-state index in [4.69, 9.17) is 0 Å². The molecule has 1 fully saturated rings. The molecule has 1 aliphatic rings. The normalized spacial score (nSPS) is 21.2. The summed E-state index contributed by atoms with van der Waals surface area (Å²) in [5.74, 6) is 1.92. The Morgan fingerprint density at radius 3 is 3.25 bits per heavy atom. The molecule has 1 rings (SSSR count). The third-order valence-corrected chi connectivity index (χ3v) is 2.59. The molecule has 0 spiro atoms. The summed E-state index contributed by atoms with van der Waals surface area (Å²) in [7, 11) is 1.39. The highest BCUT2D eigenvalue weighted by Crippen LogP contribution is 2.10. The van der Waals surface area contributed by atoms with Crippen LogP contribution in [0.1, 0.15) is 6.42 Å². The van der Waals surface area contributed by atoms with Crippen LogP contribution >= 0.6 is 11.8 Å². The van der Waals surface area contributed by atoms with Gasteiger partial charge in [0.2, 0.25) is 0 Å². The first-order valence-corrected chi connectivity index (χ1v) is 5.08. The van der Waals surface area contributed by atoms with E-state index in [1.54, 1.807) is 0 Å². The van der Waals surface area contributed by atoms with E-state index < -0.39 is 0 Å². The van der Waals surface area contributed by atoms with E-state index in [0.717, 1.165) is 30.2 Å². The lowest BCUT2D eigenvalue weighted by Crippen LogP contribution is -2.15. The van der Waals surface area contributed by atoms with Gasteiger partial charge in [0.05, 0.1) is 7.11 Å². The average molecular weight is 187 g/mol. The van der Waals surface area contributed by atoms with Crippen LogP contribution in [0.15, 0.2) is 11.8 Å². The number of rotatable bonds is 1. The Bertz CT molecular complexity index is 181. The minimum absolute atomic E-state index is 0.274. The zero-order valence-electron chi connectivity index (χ0n) is 7.13. The zero-order valence-corrected chi connectivity index (χ0v) is 7.95. The Kier molecular flexibility index (Phi) is 4.00. The Labute approximate surface area is 76.5 Å². The zero-order chi connectivity index (χ0) is 8.81. The van der Waals surface area contributed by atoms with E-state index in [9.17, 15) is 4.79 Å². The second-order valence-corrected chi connectivity index (χ2v) is 3.71. The first-order chi connectivity index (χ1) is 5.83. The van der Waals surface area contributed by atoms with Crippen molar-refractivity contribution >= 4 is 17.7 Å². The van der Waals surface area contributed by atoms with Gasteiger partial charge in [-0.3, -0.25) is 0 Å². The topological polar surface area (TPSA) is 38.3 Å². The van der Waals surface area contributed by atoms with Gasteiger partial charge in [-0.2, -0.15) is 11.8 Å². The quantitative estimate of drug-likeness (QED) is 0.486. The molecule has 3 nitrogen and oxygen atoms in total. The summed E-state index contributed by atoms with van der Waals surface area (Å²) in [5, 5.41) is 3.19. The van der Waals surface area contributed by atoms with Gasteiger partial charge in [-0.25, -0.2) is 4.79 Å². The van der Waals surface area contributed by atoms with Gasteiger partial charge < -0.3 is 10.1 Å². The number of allylic oxidation sites excluding steroid dienone is 1. The average Bonchev–Trinajstić information content (AvgIpc) is 2.33. The minimum Gasteiger partial charge on any atom is -0.466 e. The van der Waals surface area contributed by atoms with Crippen LogP contribution in [0.4, 0.5) is 0 Å². The second-order valence-electron chi connectivity index (χ2n) is 2.48. The molecule has 4 heteroatoms. The van der Waals surface area contributed by atoms with Crippen molar-refractivity contribution in [2.24, 2.45) is 0 Å². The van der Waals surface area contributed by atoms with Crippen LogP contribution in [-0.4, -0.2) is 31.1 Å². The molecule has 0 aromatic carbocycles. The van der Waals surface area contributed by atoms with Gasteiger partial charge in [-0.1, -0.05) is 0 Å². The maximum atomic E-state index is 10.8. The summed E-state index contributed by atoms with van der Waals surface area (Å²) >= 11 is 1.90. The number of methoxy groups -OCH3 is 1. The van der Waals surface area contributed by atoms with Crippen molar-refractivity contribution in [2.75, 3.05) is 25.2 Å². The number of carbonyl (C=O) groups excluding carboxylic acids is 1. The molecule has 0 saturated carbocycles. The van der Waals surface area contributed by atoms with Gasteiger partial charge in [-0.05, 0) is 12.2 Å². The molecule has 0 aliphatic carbocycles. The molecule has 0 bridgehead atoms.